The van der Waals surface area contributed by atoms with Crippen molar-refractivity contribution < 1.29 is 4.39 Å². The minimum absolute atomic E-state index is 0. The third-order valence-corrected chi connectivity index (χ3v) is 1.43. The monoisotopic (exact) mass is 139 g/mol. The first-order valence-corrected chi connectivity index (χ1v) is 2.68. The lowest BCUT2D eigenvalue weighted by molar-refractivity contribution is 0.313. The molecule has 0 saturated carbocycles. The van der Waals surface area contributed by atoms with Crippen molar-refractivity contribution in [2.45, 2.75) is 25.6 Å². The Balaban J connectivity index is 0.000000490. The van der Waals surface area contributed by atoms with Crippen LogP contribution in [0.25, 0.3) is 0 Å². The Morgan fingerprint density at radius 3 is 2.38 bits per heavy atom. The lowest BCUT2D eigenvalue weighted by atomic mass is 10.2. The molecule has 0 unspecified atom stereocenters. The maximum atomic E-state index is 12.3. The van der Waals surface area contributed by atoms with Crippen LogP contribution < -0.4 is 5.32 Å². The van der Waals surface area contributed by atoms with Gasteiger partial charge in [-0.25, -0.2) is 4.39 Å². The second-order valence-corrected chi connectivity index (χ2v) is 2.05. The molecule has 50 valence electrons. The Morgan fingerprint density at radius 1 is 1.62 bits per heavy atom. The van der Waals surface area contributed by atoms with Crippen molar-refractivity contribution in [2.24, 2.45) is 0 Å². The van der Waals surface area contributed by atoms with Crippen LogP contribution in [0.1, 0.15) is 13.3 Å². The van der Waals surface area contributed by atoms with Gasteiger partial charge in [-0.3, -0.25) is 0 Å². The first-order valence-electron chi connectivity index (χ1n) is 2.68. The van der Waals surface area contributed by atoms with Gasteiger partial charge in [0.2, 0.25) is 0 Å². The van der Waals surface area contributed by atoms with Crippen LogP contribution in [0.3, 0.4) is 0 Å². The molecule has 2 atom stereocenters. The van der Waals surface area contributed by atoms with Crippen molar-refractivity contribution in [2.75, 3.05) is 6.54 Å². The van der Waals surface area contributed by atoms with Crippen LogP contribution in [0.15, 0.2) is 0 Å². The molecule has 0 aliphatic carbocycles. The van der Waals surface area contributed by atoms with Gasteiger partial charge in [-0.1, -0.05) is 0 Å². The van der Waals surface area contributed by atoms with Gasteiger partial charge in [-0.2, -0.15) is 0 Å². The Hall–Kier alpha value is 0.180. The van der Waals surface area contributed by atoms with Gasteiger partial charge >= 0.3 is 0 Å². The molecule has 3 heteroatoms. The lowest BCUT2D eigenvalue weighted by Crippen LogP contribution is -2.23. The number of hydrogen-bond donors (Lipinski definition) is 1. The zero-order valence-electron chi connectivity index (χ0n) is 4.86. The quantitative estimate of drug-likeness (QED) is 0.531. The van der Waals surface area contributed by atoms with E-state index < -0.39 is 6.17 Å². The van der Waals surface area contributed by atoms with E-state index in [0.717, 1.165) is 6.54 Å². The minimum atomic E-state index is -0.597. The summed E-state index contributed by atoms with van der Waals surface area (Å²) in [5.74, 6) is 0. The summed E-state index contributed by atoms with van der Waals surface area (Å²) in [6.45, 7) is 2.72. The highest BCUT2D eigenvalue weighted by molar-refractivity contribution is 5.85. The molecule has 0 bridgehead atoms. The molecule has 1 rings (SSSR count). The van der Waals surface area contributed by atoms with Crippen LogP contribution in [0, 0.1) is 0 Å². The topological polar surface area (TPSA) is 12.0 Å². The van der Waals surface area contributed by atoms with Gasteiger partial charge < -0.3 is 5.32 Å². The smallest absolute Gasteiger partial charge is 0.116 e. The molecular weight excluding hydrogens is 129 g/mol. The van der Waals surface area contributed by atoms with E-state index >= 15 is 0 Å². The molecule has 8 heavy (non-hydrogen) atoms. The summed E-state index contributed by atoms with van der Waals surface area (Å²) in [6.07, 6.45) is 0.0984. The zero-order chi connectivity index (χ0) is 5.28. The molecule has 0 aromatic heterocycles. The van der Waals surface area contributed by atoms with E-state index in [2.05, 4.69) is 5.32 Å². The van der Waals surface area contributed by atoms with Gasteiger partial charge in [-0.15, -0.1) is 12.4 Å². The average Bonchev–Trinajstić information content (AvgIpc) is 1.91. The fourth-order valence-corrected chi connectivity index (χ4v) is 0.827. The van der Waals surface area contributed by atoms with E-state index in [0.29, 0.717) is 6.42 Å². The molecule has 0 spiro atoms. The summed E-state index contributed by atoms with van der Waals surface area (Å²) in [6, 6.07) is 0.0972. The Morgan fingerprint density at radius 2 is 2.25 bits per heavy atom. The van der Waals surface area contributed by atoms with Crippen molar-refractivity contribution >= 4 is 12.4 Å². The summed E-state index contributed by atoms with van der Waals surface area (Å²) in [7, 11) is 0. The number of alkyl halides is 1. The molecule has 0 radical (unpaired) electrons. The van der Waals surface area contributed by atoms with Crippen LogP contribution in [0.5, 0.6) is 0 Å². The summed E-state index contributed by atoms with van der Waals surface area (Å²) < 4.78 is 12.3. The molecule has 0 aromatic carbocycles. The first-order chi connectivity index (χ1) is 3.30. The highest BCUT2D eigenvalue weighted by atomic mass is 35.5. The van der Waals surface area contributed by atoms with Crippen LogP contribution >= 0.6 is 12.4 Å². The third kappa shape index (κ3) is 1.60. The minimum Gasteiger partial charge on any atom is -0.311 e. The van der Waals surface area contributed by atoms with Crippen molar-refractivity contribution in [3.05, 3.63) is 0 Å². The van der Waals surface area contributed by atoms with Crippen molar-refractivity contribution in [1.29, 1.82) is 0 Å². The SMILES string of the molecule is C[C@H]1NCC[C@H]1F.Cl. The van der Waals surface area contributed by atoms with Gasteiger partial charge in [0.15, 0.2) is 0 Å². The van der Waals surface area contributed by atoms with Gasteiger partial charge in [0.1, 0.15) is 6.17 Å². The maximum absolute atomic E-state index is 12.3. The van der Waals surface area contributed by atoms with E-state index in [1.807, 2.05) is 6.92 Å². The van der Waals surface area contributed by atoms with Crippen LogP contribution in [0.4, 0.5) is 4.39 Å². The predicted molar refractivity (Wildman–Crippen MR) is 34.2 cm³/mol. The molecular formula is C5H11ClFN. The predicted octanol–water partition coefficient (Wildman–Crippen LogP) is 1.13. The van der Waals surface area contributed by atoms with Gasteiger partial charge in [-0.05, 0) is 19.9 Å². The lowest BCUT2D eigenvalue weighted by Gasteiger charge is -2.01. The molecule has 1 saturated heterocycles. The van der Waals surface area contributed by atoms with E-state index in [1.165, 1.54) is 0 Å². The second-order valence-electron chi connectivity index (χ2n) is 2.05. The Bertz CT molecular complexity index is 61.4. The summed E-state index contributed by atoms with van der Waals surface area (Å²) in [5.41, 5.74) is 0. The third-order valence-electron chi connectivity index (χ3n) is 1.43. The highest BCUT2D eigenvalue weighted by Gasteiger charge is 2.20. The first kappa shape index (κ1) is 8.18. The van der Waals surface area contributed by atoms with Gasteiger partial charge in [0.25, 0.3) is 0 Å². The van der Waals surface area contributed by atoms with E-state index in [-0.39, 0.29) is 18.4 Å². The molecule has 1 fully saturated rings. The second kappa shape index (κ2) is 3.25. The summed E-state index contributed by atoms with van der Waals surface area (Å²) >= 11 is 0. The molecule has 1 heterocycles. The van der Waals surface area contributed by atoms with E-state index in [9.17, 15) is 4.39 Å². The molecule has 0 aromatic rings. The molecule has 0 amide bonds. The van der Waals surface area contributed by atoms with Crippen LogP contribution in [-0.4, -0.2) is 18.8 Å². The molecule has 1 aliphatic heterocycles. The maximum Gasteiger partial charge on any atom is 0.116 e. The molecule has 1 N–H and O–H groups in total. The highest BCUT2D eigenvalue weighted by Crippen LogP contribution is 2.08. The Kier molecular flexibility index (Phi) is 3.33. The fourth-order valence-electron chi connectivity index (χ4n) is 0.827. The fraction of sp³-hybridized carbons (Fsp3) is 1.00. The largest absolute Gasteiger partial charge is 0.311 e. The van der Waals surface area contributed by atoms with Crippen molar-refractivity contribution in [3.63, 3.8) is 0 Å². The normalized spacial score (nSPS) is 36.8. The summed E-state index contributed by atoms with van der Waals surface area (Å²) in [5, 5.41) is 2.99. The molecule has 1 nitrogen and oxygen atoms in total. The van der Waals surface area contributed by atoms with E-state index in [4.69, 9.17) is 0 Å². The number of hydrogen-bond acceptors (Lipinski definition) is 1. The standard InChI is InChI=1S/C5H10FN.ClH/c1-4-5(6)2-3-7-4;/h4-5,7H,2-3H2,1H3;1H/t4-,5-;/m1./s1. The van der Waals surface area contributed by atoms with Crippen molar-refractivity contribution in [3.8, 4) is 0 Å². The van der Waals surface area contributed by atoms with Gasteiger partial charge in [0.05, 0.1) is 0 Å². The Labute approximate surface area is 55.1 Å². The summed E-state index contributed by atoms with van der Waals surface area (Å²) in [4.78, 5) is 0. The van der Waals surface area contributed by atoms with Crippen LogP contribution in [-0.2, 0) is 0 Å². The van der Waals surface area contributed by atoms with Crippen molar-refractivity contribution in [1.82, 2.24) is 5.32 Å². The van der Waals surface area contributed by atoms with Crippen LogP contribution in [0.2, 0.25) is 0 Å². The van der Waals surface area contributed by atoms with E-state index in [1.54, 1.807) is 0 Å². The van der Waals surface area contributed by atoms with Gasteiger partial charge in [0, 0.05) is 6.04 Å². The average molecular weight is 140 g/mol. The number of halogens is 2. The zero-order valence-corrected chi connectivity index (χ0v) is 5.67. The number of nitrogens with one attached hydrogen (secondary N) is 1. The number of rotatable bonds is 0. The molecule has 1 aliphatic rings.